The molecule has 0 spiro atoms. The van der Waals surface area contributed by atoms with Crippen LogP contribution in [0.5, 0.6) is 0 Å². The Morgan fingerprint density at radius 3 is 2.81 bits per heavy atom. The summed E-state index contributed by atoms with van der Waals surface area (Å²) in [6.07, 6.45) is 4.45. The predicted octanol–water partition coefficient (Wildman–Crippen LogP) is 1.62. The minimum absolute atomic E-state index is 0.0169. The first-order chi connectivity index (χ1) is 12.5. The van der Waals surface area contributed by atoms with Crippen LogP contribution in [0.1, 0.15) is 48.8 Å². The van der Waals surface area contributed by atoms with Gasteiger partial charge < -0.3 is 19.4 Å². The van der Waals surface area contributed by atoms with E-state index in [2.05, 4.69) is 16.8 Å². The zero-order chi connectivity index (χ0) is 18.7. The third kappa shape index (κ3) is 3.99. The van der Waals surface area contributed by atoms with Crippen LogP contribution < -0.4 is 4.90 Å². The smallest absolute Gasteiger partial charge is 0.225 e. The van der Waals surface area contributed by atoms with Gasteiger partial charge in [0.05, 0.1) is 24.8 Å². The quantitative estimate of drug-likeness (QED) is 0.794. The summed E-state index contributed by atoms with van der Waals surface area (Å²) >= 11 is 0. The summed E-state index contributed by atoms with van der Waals surface area (Å²) in [7, 11) is 7.83. The zero-order valence-electron chi connectivity index (χ0n) is 16.5. The van der Waals surface area contributed by atoms with Crippen LogP contribution in [0.3, 0.4) is 0 Å². The van der Waals surface area contributed by atoms with Crippen LogP contribution in [-0.4, -0.2) is 73.6 Å². The Balaban J connectivity index is 1.93. The van der Waals surface area contributed by atoms with Gasteiger partial charge in [-0.1, -0.05) is 0 Å². The molecule has 1 aromatic heterocycles. The van der Waals surface area contributed by atoms with Crippen LogP contribution in [0, 0.1) is 0 Å². The summed E-state index contributed by atoms with van der Waals surface area (Å²) < 4.78 is 5.09. The van der Waals surface area contributed by atoms with E-state index in [1.807, 2.05) is 19.0 Å². The minimum Gasteiger partial charge on any atom is -0.384 e. The molecule has 7 nitrogen and oxygen atoms in total. The summed E-state index contributed by atoms with van der Waals surface area (Å²) in [4.78, 5) is 28.9. The van der Waals surface area contributed by atoms with E-state index in [0.29, 0.717) is 13.0 Å². The summed E-state index contributed by atoms with van der Waals surface area (Å²) in [5, 5.41) is 0. The molecule has 0 aliphatic carbocycles. The number of ether oxygens (including phenoxy) is 1. The fraction of sp³-hybridized carbons (Fsp3) is 0.737. The number of methoxy groups -OCH3 is 1. The van der Waals surface area contributed by atoms with Gasteiger partial charge in [-0.25, -0.2) is 9.97 Å². The highest BCUT2D eigenvalue weighted by Crippen LogP contribution is 2.33. The Kier molecular flexibility index (Phi) is 6.09. The molecule has 0 aromatic carbocycles. The molecule has 1 amide bonds. The van der Waals surface area contributed by atoms with Crippen LogP contribution in [0.4, 0.5) is 5.82 Å². The van der Waals surface area contributed by atoms with Crippen molar-refractivity contribution in [1.29, 1.82) is 0 Å². The molecule has 144 valence electrons. The third-order valence-corrected chi connectivity index (χ3v) is 5.31. The summed E-state index contributed by atoms with van der Waals surface area (Å²) in [5.74, 6) is 1.94. The van der Waals surface area contributed by atoms with Gasteiger partial charge in [-0.05, 0) is 26.3 Å². The molecule has 1 saturated heterocycles. The number of hydrogen-bond acceptors (Lipinski definition) is 6. The lowest BCUT2D eigenvalue weighted by molar-refractivity contribution is -0.136. The van der Waals surface area contributed by atoms with Crippen molar-refractivity contribution >= 4 is 11.7 Å². The highest BCUT2D eigenvalue weighted by Gasteiger charge is 2.32. The minimum atomic E-state index is -0.0169. The van der Waals surface area contributed by atoms with Crippen LogP contribution in [0.15, 0.2) is 0 Å². The van der Waals surface area contributed by atoms with Crippen molar-refractivity contribution in [3.8, 4) is 0 Å². The summed E-state index contributed by atoms with van der Waals surface area (Å²) in [6, 6.07) is -0.0169. The SMILES string of the molecule is COCCC(=O)N1CCCC[C@H]1c1nc2c(c(N(C)C)n1)CN(C)CC2. The van der Waals surface area contributed by atoms with Gasteiger partial charge in [-0.15, -0.1) is 0 Å². The van der Waals surface area contributed by atoms with Crippen molar-refractivity contribution in [1.82, 2.24) is 19.8 Å². The van der Waals surface area contributed by atoms with Gasteiger partial charge in [-0.3, -0.25) is 4.79 Å². The number of carbonyl (C=O) groups excluding carboxylic acids is 1. The number of hydrogen-bond donors (Lipinski definition) is 0. The van der Waals surface area contributed by atoms with E-state index in [-0.39, 0.29) is 11.9 Å². The van der Waals surface area contributed by atoms with Crippen LogP contribution >= 0.6 is 0 Å². The average molecular weight is 361 g/mol. The van der Waals surface area contributed by atoms with Gasteiger partial charge in [0.2, 0.25) is 5.91 Å². The number of anilines is 1. The number of likely N-dealkylation sites (tertiary alicyclic amines) is 1. The molecular weight excluding hydrogens is 330 g/mol. The molecule has 26 heavy (non-hydrogen) atoms. The highest BCUT2D eigenvalue weighted by atomic mass is 16.5. The second kappa shape index (κ2) is 8.31. The summed E-state index contributed by atoms with van der Waals surface area (Å²) in [6.45, 7) is 3.14. The molecule has 0 N–H and O–H groups in total. The molecule has 2 aliphatic heterocycles. The van der Waals surface area contributed by atoms with Crippen molar-refractivity contribution in [2.75, 3.05) is 52.8 Å². The number of carbonyl (C=O) groups is 1. The summed E-state index contributed by atoms with van der Waals surface area (Å²) in [5.41, 5.74) is 2.37. The van der Waals surface area contributed by atoms with Crippen molar-refractivity contribution in [3.63, 3.8) is 0 Å². The maximum atomic E-state index is 12.7. The van der Waals surface area contributed by atoms with Gasteiger partial charge in [0.15, 0.2) is 5.82 Å². The molecule has 1 aromatic rings. The van der Waals surface area contributed by atoms with Crippen LogP contribution in [0.25, 0.3) is 0 Å². The lowest BCUT2D eigenvalue weighted by Crippen LogP contribution is -2.40. The number of fused-ring (bicyclic) bond motifs is 1. The average Bonchev–Trinajstić information content (AvgIpc) is 2.65. The molecule has 7 heteroatoms. The number of piperidine rings is 1. The number of nitrogens with zero attached hydrogens (tertiary/aromatic N) is 5. The Bertz CT molecular complexity index is 649. The second-order valence-corrected chi connectivity index (χ2v) is 7.55. The molecule has 2 aliphatic rings. The zero-order valence-corrected chi connectivity index (χ0v) is 16.5. The molecule has 0 unspecified atom stereocenters. The molecule has 1 fully saturated rings. The largest absolute Gasteiger partial charge is 0.384 e. The monoisotopic (exact) mass is 361 g/mol. The van der Waals surface area contributed by atoms with Crippen molar-refractivity contribution < 1.29 is 9.53 Å². The van der Waals surface area contributed by atoms with Gasteiger partial charge >= 0.3 is 0 Å². The van der Waals surface area contributed by atoms with E-state index < -0.39 is 0 Å². The van der Waals surface area contributed by atoms with Crippen molar-refractivity contribution in [2.45, 2.75) is 44.7 Å². The molecule has 3 rings (SSSR count). The number of aromatic nitrogens is 2. The topological polar surface area (TPSA) is 61.8 Å². The normalized spacial score (nSPS) is 20.8. The number of likely N-dealkylation sites (N-methyl/N-ethyl adjacent to an activating group) is 1. The first-order valence-corrected chi connectivity index (χ1v) is 9.55. The van der Waals surface area contributed by atoms with E-state index in [4.69, 9.17) is 14.7 Å². The Hall–Kier alpha value is -1.73. The van der Waals surface area contributed by atoms with E-state index in [1.54, 1.807) is 7.11 Å². The molecular formula is C19H31N5O2. The van der Waals surface area contributed by atoms with Gasteiger partial charge in [0.1, 0.15) is 5.82 Å². The molecule has 3 heterocycles. The Labute approximate surface area is 156 Å². The Morgan fingerprint density at radius 1 is 1.27 bits per heavy atom. The van der Waals surface area contributed by atoms with E-state index in [1.165, 1.54) is 5.56 Å². The fourth-order valence-electron chi connectivity index (χ4n) is 3.90. The third-order valence-electron chi connectivity index (χ3n) is 5.31. The van der Waals surface area contributed by atoms with Gasteiger partial charge in [0.25, 0.3) is 0 Å². The van der Waals surface area contributed by atoms with Crippen molar-refractivity contribution in [2.24, 2.45) is 0 Å². The maximum absolute atomic E-state index is 12.7. The lowest BCUT2D eigenvalue weighted by atomic mass is 9.99. The molecule has 1 atom stereocenters. The van der Waals surface area contributed by atoms with Gasteiger partial charge in [-0.2, -0.15) is 0 Å². The van der Waals surface area contributed by atoms with E-state index in [9.17, 15) is 4.79 Å². The number of amides is 1. The number of rotatable bonds is 5. The highest BCUT2D eigenvalue weighted by molar-refractivity contribution is 5.76. The van der Waals surface area contributed by atoms with Gasteiger partial charge in [0, 0.05) is 52.8 Å². The van der Waals surface area contributed by atoms with Crippen LogP contribution in [0.2, 0.25) is 0 Å². The maximum Gasteiger partial charge on any atom is 0.225 e. The van der Waals surface area contributed by atoms with E-state index in [0.717, 1.165) is 62.7 Å². The van der Waals surface area contributed by atoms with Crippen molar-refractivity contribution in [3.05, 3.63) is 17.1 Å². The molecule has 0 radical (unpaired) electrons. The fourth-order valence-corrected chi connectivity index (χ4v) is 3.90. The standard InChI is InChI=1S/C19H31N5O2/c1-22(2)19-14-13-23(3)11-8-15(14)20-18(21-19)16-7-5-6-10-24(16)17(25)9-12-26-4/h16H,5-13H2,1-4H3/t16-/m0/s1. The molecule has 0 saturated carbocycles. The lowest BCUT2D eigenvalue weighted by Gasteiger charge is -2.36. The Morgan fingerprint density at radius 2 is 2.08 bits per heavy atom. The first kappa shape index (κ1) is 19.0. The predicted molar refractivity (Wildman–Crippen MR) is 101 cm³/mol. The van der Waals surface area contributed by atoms with Crippen LogP contribution in [-0.2, 0) is 22.5 Å². The molecule has 0 bridgehead atoms. The van der Waals surface area contributed by atoms with E-state index >= 15 is 0 Å². The second-order valence-electron chi connectivity index (χ2n) is 7.55. The first-order valence-electron chi connectivity index (χ1n) is 9.55.